The Hall–Kier alpha value is -2.60. The standard InChI is InChI=1S/C22H25N2O5P/c1-4-26-16-11-12-18-15(13-16)14-17-21(23-18)29-20-10-8-7-9-19(20)24-22(17)30(25,27-5-2)28-6-3/h7-14,22,24H,4-6H2,1-3H3. The van der Waals surface area contributed by atoms with Crippen LogP contribution >= 0.6 is 7.60 Å². The third kappa shape index (κ3) is 3.88. The van der Waals surface area contributed by atoms with Crippen LogP contribution in [-0.2, 0) is 13.6 Å². The molecule has 0 fully saturated rings. The summed E-state index contributed by atoms with van der Waals surface area (Å²) < 4.78 is 36.9. The van der Waals surface area contributed by atoms with Crippen molar-refractivity contribution in [3.63, 3.8) is 0 Å². The van der Waals surface area contributed by atoms with E-state index < -0.39 is 13.4 Å². The zero-order chi connectivity index (χ0) is 21.1. The molecule has 1 unspecified atom stereocenters. The SMILES string of the molecule is CCOc1ccc2nc3c(cc2c1)C(P(=O)(OCC)OCC)Nc1ccccc1O3. The molecular formula is C22H25N2O5P. The van der Waals surface area contributed by atoms with Crippen molar-refractivity contribution >= 4 is 24.2 Å². The molecule has 0 saturated heterocycles. The van der Waals surface area contributed by atoms with Crippen molar-refractivity contribution < 1.29 is 23.1 Å². The maximum absolute atomic E-state index is 13.8. The van der Waals surface area contributed by atoms with Gasteiger partial charge in [0.25, 0.3) is 0 Å². The van der Waals surface area contributed by atoms with Crippen LogP contribution in [0.1, 0.15) is 32.1 Å². The molecule has 7 nitrogen and oxygen atoms in total. The van der Waals surface area contributed by atoms with Crippen LogP contribution in [0.4, 0.5) is 5.69 Å². The summed E-state index contributed by atoms with van der Waals surface area (Å²) in [6.45, 7) is 6.59. The van der Waals surface area contributed by atoms with Crippen LogP contribution < -0.4 is 14.8 Å². The second-order valence-electron chi connectivity index (χ2n) is 6.69. The number of benzene rings is 2. The Morgan fingerprint density at radius 1 is 1.03 bits per heavy atom. The van der Waals surface area contributed by atoms with E-state index in [1.54, 1.807) is 13.8 Å². The van der Waals surface area contributed by atoms with Crippen molar-refractivity contribution in [2.45, 2.75) is 26.6 Å². The number of hydrogen-bond acceptors (Lipinski definition) is 7. The van der Waals surface area contributed by atoms with Crippen molar-refractivity contribution in [2.75, 3.05) is 25.1 Å². The molecular weight excluding hydrogens is 403 g/mol. The van der Waals surface area contributed by atoms with E-state index in [0.717, 1.165) is 16.7 Å². The quantitative estimate of drug-likeness (QED) is 0.454. The van der Waals surface area contributed by atoms with E-state index in [2.05, 4.69) is 5.32 Å². The number of anilines is 1. The molecule has 0 bridgehead atoms. The fraction of sp³-hybridized carbons (Fsp3) is 0.318. The number of hydrogen-bond donors (Lipinski definition) is 1. The van der Waals surface area contributed by atoms with Gasteiger partial charge in [0.05, 0.1) is 31.0 Å². The highest BCUT2D eigenvalue weighted by Gasteiger charge is 2.41. The molecule has 1 aliphatic heterocycles. The molecule has 0 saturated carbocycles. The third-order valence-electron chi connectivity index (χ3n) is 4.70. The number of fused-ring (bicyclic) bond motifs is 3. The van der Waals surface area contributed by atoms with Crippen molar-refractivity contribution in [1.82, 2.24) is 4.98 Å². The van der Waals surface area contributed by atoms with Gasteiger partial charge in [-0.1, -0.05) is 12.1 Å². The summed E-state index contributed by atoms with van der Waals surface area (Å²) in [6, 6.07) is 15.0. The molecule has 3 aromatic rings. The van der Waals surface area contributed by atoms with E-state index in [0.29, 0.717) is 29.5 Å². The number of ether oxygens (including phenoxy) is 2. The van der Waals surface area contributed by atoms with Gasteiger partial charge in [-0.15, -0.1) is 0 Å². The van der Waals surface area contributed by atoms with E-state index in [1.807, 2.05) is 55.5 Å². The number of nitrogens with zero attached hydrogens (tertiary/aromatic N) is 1. The van der Waals surface area contributed by atoms with Crippen LogP contribution in [0.15, 0.2) is 48.5 Å². The second kappa shape index (κ2) is 8.64. The normalized spacial score (nSPS) is 15.5. The molecule has 1 aromatic heterocycles. The fourth-order valence-electron chi connectivity index (χ4n) is 3.49. The van der Waals surface area contributed by atoms with Crippen LogP contribution in [0.25, 0.3) is 10.9 Å². The molecule has 2 aromatic carbocycles. The highest BCUT2D eigenvalue weighted by molar-refractivity contribution is 7.54. The molecule has 4 rings (SSSR count). The first-order valence-corrected chi connectivity index (χ1v) is 11.7. The van der Waals surface area contributed by atoms with Crippen molar-refractivity contribution in [3.8, 4) is 17.4 Å². The highest BCUT2D eigenvalue weighted by Crippen LogP contribution is 2.63. The number of aromatic nitrogens is 1. The van der Waals surface area contributed by atoms with Gasteiger partial charge in [0.1, 0.15) is 5.75 Å². The first kappa shape index (κ1) is 20.7. The molecule has 0 spiro atoms. The molecule has 1 atom stereocenters. The highest BCUT2D eigenvalue weighted by atomic mass is 31.2. The average Bonchev–Trinajstić information content (AvgIpc) is 2.89. The van der Waals surface area contributed by atoms with Gasteiger partial charge in [0.2, 0.25) is 5.88 Å². The van der Waals surface area contributed by atoms with E-state index in [4.69, 9.17) is 23.5 Å². The lowest BCUT2D eigenvalue weighted by molar-refractivity contribution is 0.214. The number of nitrogens with one attached hydrogen (secondary N) is 1. The predicted octanol–water partition coefficient (Wildman–Crippen LogP) is 6.12. The largest absolute Gasteiger partial charge is 0.494 e. The summed E-state index contributed by atoms with van der Waals surface area (Å²) >= 11 is 0. The Morgan fingerprint density at radius 3 is 2.53 bits per heavy atom. The Labute approximate surface area is 175 Å². The molecule has 0 aliphatic carbocycles. The topological polar surface area (TPSA) is 78.9 Å². The van der Waals surface area contributed by atoms with Crippen LogP contribution in [-0.4, -0.2) is 24.8 Å². The van der Waals surface area contributed by atoms with Gasteiger partial charge in [-0.2, -0.15) is 0 Å². The monoisotopic (exact) mass is 428 g/mol. The minimum atomic E-state index is -3.58. The number of para-hydroxylation sites is 2. The van der Waals surface area contributed by atoms with Crippen molar-refractivity contribution in [2.24, 2.45) is 0 Å². The molecule has 0 radical (unpaired) electrons. The average molecular weight is 428 g/mol. The summed E-state index contributed by atoms with van der Waals surface area (Å²) in [6.07, 6.45) is 0. The molecule has 0 amide bonds. The van der Waals surface area contributed by atoms with E-state index in [-0.39, 0.29) is 13.2 Å². The van der Waals surface area contributed by atoms with Gasteiger partial charge in [0, 0.05) is 10.9 Å². The summed E-state index contributed by atoms with van der Waals surface area (Å²) in [7, 11) is -3.58. The molecule has 8 heteroatoms. The van der Waals surface area contributed by atoms with Crippen LogP contribution in [0, 0.1) is 0 Å². The lowest BCUT2D eigenvalue weighted by Crippen LogP contribution is -2.15. The molecule has 2 heterocycles. The lowest BCUT2D eigenvalue weighted by Gasteiger charge is -2.27. The van der Waals surface area contributed by atoms with Gasteiger partial charge in [-0.25, -0.2) is 4.98 Å². The second-order valence-corrected chi connectivity index (χ2v) is 8.80. The molecule has 158 valence electrons. The van der Waals surface area contributed by atoms with Crippen LogP contribution in [0.2, 0.25) is 0 Å². The van der Waals surface area contributed by atoms with Gasteiger partial charge in [-0.3, -0.25) is 4.57 Å². The Balaban J connectivity index is 1.92. The van der Waals surface area contributed by atoms with E-state index in [1.165, 1.54) is 0 Å². The van der Waals surface area contributed by atoms with Gasteiger partial charge in [-0.05, 0) is 57.2 Å². The first-order valence-electron chi connectivity index (χ1n) is 10.1. The van der Waals surface area contributed by atoms with Gasteiger partial charge < -0.3 is 23.8 Å². The summed E-state index contributed by atoms with van der Waals surface area (Å²) in [5, 5.41) is 4.17. The summed E-state index contributed by atoms with van der Waals surface area (Å²) in [4.78, 5) is 4.71. The zero-order valence-electron chi connectivity index (χ0n) is 17.3. The maximum Gasteiger partial charge on any atom is 0.357 e. The molecule has 1 N–H and O–H groups in total. The van der Waals surface area contributed by atoms with Crippen molar-refractivity contribution in [1.29, 1.82) is 0 Å². The van der Waals surface area contributed by atoms with E-state index >= 15 is 0 Å². The smallest absolute Gasteiger partial charge is 0.357 e. The number of rotatable bonds is 7. The van der Waals surface area contributed by atoms with E-state index in [9.17, 15) is 4.57 Å². The van der Waals surface area contributed by atoms with Crippen molar-refractivity contribution in [3.05, 3.63) is 54.1 Å². The molecule has 1 aliphatic rings. The zero-order valence-corrected chi connectivity index (χ0v) is 18.1. The summed E-state index contributed by atoms with van der Waals surface area (Å²) in [5.74, 6) is 0.933. The van der Waals surface area contributed by atoms with Gasteiger partial charge in [0.15, 0.2) is 11.5 Å². The Kier molecular flexibility index (Phi) is 5.95. The predicted molar refractivity (Wildman–Crippen MR) is 117 cm³/mol. The van der Waals surface area contributed by atoms with Crippen LogP contribution in [0.3, 0.4) is 0 Å². The molecule has 30 heavy (non-hydrogen) atoms. The minimum absolute atomic E-state index is 0.253. The Morgan fingerprint density at radius 2 is 1.80 bits per heavy atom. The number of pyridine rings is 1. The summed E-state index contributed by atoms with van der Waals surface area (Å²) in [5.41, 5.74) is 2.05. The first-order chi connectivity index (χ1) is 14.6. The van der Waals surface area contributed by atoms with Gasteiger partial charge >= 0.3 is 7.60 Å². The Bertz CT molecular complexity index is 1090. The third-order valence-corrected chi connectivity index (χ3v) is 6.98. The fourth-order valence-corrected chi connectivity index (χ4v) is 5.40. The maximum atomic E-state index is 13.8. The minimum Gasteiger partial charge on any atom is -0.494 e. The lowest BCUT2D eigenvalue weighted by atomic mass is 10.1. The van der Waals surface area contributed by atoms with Crippen LogP contribution in [0.5, 0.6) is 17.4 Å².